The van der Waals surface area contributed by atoms with E-state index in [9.17, 15) is 13.6 Å². The molecule has 8 heteroatoms. The molecule has 0 atom stereocenters. The van der Waals surface area contributed by atoms with Gasteiger partial charge in [-0.3, -0.25) is 4.79 Å². The van der Waals surface area contributed by atoms with Crippen LogP contribution >= 0.6 is 0 Å². The molecule has 1 aliphatic heterocycles. The number of halogens is 2. The Hall–Kier alpha value is -2.61. The molecule has 1 fully saturated rings. The Bertz CT molecular complexity index is 703. The predicted octanol–water partition coefficient (Wildman–Crippen LogP) is 1.97. The number of rotatable bonds is 3. The Morgan fingerprint density at radius 1 is 1.13 bits per heavy atom. The maximum absolute atomic E-state index is 13.1. The minimum absolute atomic E-state index is 0.208. The summed E-state index contributed by atoms with van der Waals surface area (Å²) in [5, 5.41) is 2.79. The summed E-state index contributed by atoms with van der Waals surface area (Å²) in [5.41, 5.74) is 0.563. The third-order valence-electron chi connectivity index (χ3n) is 3.36. The Morgan fingerprint density at radius 2 is 1.91 bits per heavy atom. The molecular formula is C15H14F2N4O2. The van der Waals surface area contributed by atoms with Crippen molar-refractivity contribution in [3.05, 3.63) is 47.9 Å². The Morgan fingerprint density at radius 3 is 2.57 bits per heavy atom. The maximum atomic E-state index is 13.1. The van der Waals surface area contributed by atoms with Crippen molar-refractivity contribution >= 4 is 17.4 Å². The molecule has 0 spiro atoms. The van der Waals surface area contributed by atoms with Crippen LogP contribution < -0.4 is 5.32 Å². The number of benzene rings is 1. The smallest absolute Gasteiger partial charge is 0.274 e. The molecule has 1 aliphatic rings. The first-order valence-electron chi connectivity index (χ1n) is 7.04. The van der Waals surface area contributed by atoms with Gasteiger partial charge in [0.15, 0.2) is 11.6 Å². The van der Waals surface area contributed by atoms with E-state index >= 15 is 0 Å². The first-order valence-corrected chi connectivity index (χ1v) is 7.04. The van der Waals surface area contributed by atoms with Crippen LogP contribution in [-0.4, -0.2) is 47.1 Å². The number of hydrogen-bond donors (Lipinski definition) is 1. The van der Waals surface area contributed by atoms with Gasteiger partial charge in [-0.25, -0.2) is 18.7 Å². The number of amides is 1. The van der Waals surface area contributed by atoms with Gasteiger partial charge in [0.1, 0.15) is 11.5 Å². The average Bonchev–Trinajstić information content (AvgIpc) is 2.59. The van der Waals surface area contributed by atoms with Crippen molar-refractivity contribution in [2.45, 2.75) is 0 Å². The predicted molar refractivity (Wildman–Crippen MR) is 78.4 cm³/mol. The van der Waals surface area contributed by atoms with E-state index in [4.69, 9.17) is 4.74 Å². The summed E-state index contributed by atoms with van der Waals surface area (Å²) in [6.07, 6.45) is 2.72. The standard InChI is InChI=1S/C15H14F2N4O2/c16-11-2-1-10(7-12(11)17)20-14-9-18-13(8-19-14)15(22)21-3-5-23-6-4-21/h1-2,7-9H,3-6H2,(H,19,20). The van der Waals surface area contributed by atoms with Crippen molar-refractivity contribution in [3.63, 3.8) is 0 Å². The topological polar surface area (TPSA) is 67.4 Å². The normalized spacial score (nSPS) is 14.6. The number of carbonyl (C=O) groups excluding carboxylic acids is 1. The minimum atomic E-state index is -0.956. The summed E-state index contributed by atoms with van der Waals surface area (Å²) in [6.45, 7) is 2.06. The van der Waals surface area contributed by atoms with Gasteiger partial charge in [0.05, 0.1) is 25.6 Å². The molecule has 1 aromatic heterocycles. The largest absolute Gasteiger partial charge is 0.378 e. The molecule has 1 N–H and O–H groups in total. The molecular weight excluding hydrogens is 306 g/mol. The molecule has 6 nitrogen and oxygen atoms in total. The molecule has 0 unspecified atom stereocenters. The van der Waals surface area contributed by atoms with Crippen LogP contribution in [0.3, 0.4) is 0 Å². The number of nitrogens with one attached hydrogen (secondary N) is 1. The van der Waals surface area contributed by atoms with Crippen molar-refractivity contribution < 1.29 is 18.3 Å². The fourth-order valence-corrected chi connectivity index (χ4v) is 2.15. The molecule has 2 aromatic rings. The van der Waals surface area contributed by atoms with Gasteiger partial charge in [-0.15, -0.1) is 0 Å². The summed E-state index contributed by atoms with van der Waals surface area (Å²) in [7, 11) is 0. The quantitative estimate of drug-likeness (QED) is 0.936. The average molecular weight is 320 g/mol. The van der Waals surface area contributed by atoms with Crippen molar-refractivity contribution in [1.29, 1.82) is 0 Å². The highest BCUT2D eigenvalue weighted by molar-refractivity contribution is 5.92. The molecule has 2 heterocycles. The summed E-state index contributed by atoms with van der Waals surface area (Å²) < 4.78 is 31.2. The highest BCUT2D eigenvalue weighted by atomic mass is 19.2. The molecule has 120 valence electrons. The highest BCUT2D eigenvalue weighted by Gasteiger charge is 2.19. The van der Waals surface area contributed by atoms with Crippen LogP contribution in [0.15, 0.2) is 30.6 Å². The fraction of sp³-hybridized carbons (Fsp3) is 0.267. The van der Waals surface area contributed by atoms with Crippen molar-refractivity contribution in [3.8, 4) is 0 Å². The third kappa shape index (κ3) is 3.59. The van der Waals surface area contributed by atoms with Gasteiger partial charge in [0.25, 0.3) is 5.91 Å². The van der Waals surface area contributed by atoms with Crippen LogP contribution in [0, 0.1) is 11.6 Å². The molecule has 3 rings (SSSR count). The summed E-state index contributed by atoms with van der Waals surface area (Å²) >= 11 is 0. The van der Waals surface area contributed by atoms with E-state index in [-0.39, 0.29) is 11.6 Å². The number of anilines is 2. The number of hydrogen-bond acceptors (Lipinski definition) is 5. The second-order valence-corrected chi connectivity index (χ2v) is 4.95. The lowest BCUT2D eigenvalue weighted by Gasteiger charge is -2.26. The molecule has 23 heavy (non-hydrogen) atoms. The van der Waals surface area contributed by atoms with E-state index in [1.54, 1.807) is 4.90 Å². The van der Waals surface area contributed by atoms with Gasteiger partial charge < -0.3 is 15.0 Å². The van der Waals surface area contributed by atoms with Crippen molar-refractivity contribution in [2.24, 2.45) is 0 Å². The van der Waals surface area contributed by atoms with Crippen LogP contribution in [0.5, 0.6) is 0 Å². The second kappa shape index (κ2) is 6.66. The molecule has 1 amide bonds. The summed E-state index contributed by atoms with van der Waals surface area (Å²) in [6, 6.07) is 3.41. The van der Waals surface area contributed by atoms with E-state index in [0.29, 0.717) is 37.8 Å². The Balaban J connectivity index is 1.68. The summed E-state index contributed by atoms with van der Waals surface area (Å²) in [5.74, 6) is -1.76. The molecule has 0 saturated carbocycles. The molecule has 0 bridgehead atoms. The minimum Gasteiger partial charge on any atom is -0.378 e. The second-order valence-electron chi connectivity index (χ2n) is 4.95. The lowest BCUT2D eigenvalue weighted by Crippen LogP contribution is -2.41. The van der Waals surface area contributed by atoms with Gasteiger partial charge in [-0.2, -0.15) is 0 Å². The van der Waals surface area contributed by atoms with E-state index in [2.05, 4.69) is 15.3 Å². The highest BCUT2D eigenvalue weighted by Crippen LogP contribution is 2.17. The first-order chi connectivity index (χ1) is 11.1. The van der Waals surface area contributed by atoms with Crippen LogP contribution in [0.1, 0.15) is 10.5 Å². The fourth-order valence-electron chi connectivity index (χ4n) is 2.15. The third-order valence-corrected chi connectivity index (χ3v) is 3.36. The number of aromatic nitrogens is 2. The van der Waals surface area contributed by atoms with E-state index in [1.807, 2.05) is 0 Å². The lowest BCUT2D eigenvalue weighted by atomic mass is 10.3. The maximum Gasteiger partial charge on any atom is 0.274 e. The van der Waals surface area contributed by atoms with Crippen LogP contribution in [-0.2, 0) is 4.74 Å². The zero-order chi connectivity index (χ0) is 16.2. The van der Waals surface area contributed by atoms with E-state index < -0.39 is 11.6 Å². The van der Waals surface area contributed by atoms with Gasteiger partial charge in [0, 0.05) is 24.8 Å². The number of ether oxygens (including phenoxy) is 1. The zero-order valence-electron chi connectivity index (χ0n) is 12.1. The first kappa shape index (κ1) is 15.3. The van der Waals surface area contributed by atoms with Gasteiger partial charge in [0.2, 0.25) is 0 Å². The lowest BCUT2D eigenvalue weighted by molar-refractivity contribution is 0.0298. The monoisotopic (exact) mass is 320 g/mol. The van der Waals surface area contributed by atoms with Gasteiger partial charge in [-0.1, -0.05) is 0 Å². The molecule has 1 saturated heterocycles. The van der Waals surface area contributed by atoms with Crippen LogP contribution in [0.25, 0.3) is 0 Å². The van der Waals surface area contributed by atoms with E-state index in [1.165, 1.54) is 18.5 Å². The number of morpholine rings is 1. The molecule has 0 aliphatic carbocycles. The number of nitrogens with zero attached hydrogens (tertiary/aromatic N) is 3. The Kier molecular flexibility index (Phi) is 4.42. The van der Waals surface area contributed by atoms with Crippen LogP contribution in [0.4, 0.5) is 20.3 Å². The van der Waals surface area contributed by atoms with Crippen molar-refractivity contribution in [1.82, 2.24) is 14.9 Å². The number of carbonyl (C=O) groups is 1. The molecule has 0 radical (unpaired) electrons. The van der Waals surface area contributed by atoms with E-state index in [0.717, 1.165) is 12.1 Å². The SMILES string of the molecule is O=C(c1cnc(Nc2ccc(F)c(F)c2)cn1)N1CCOCC1. The van der Waals surface area contributed by atoms with Crippen LogP contribution in [0.2, 0.25) is 0 Å². The van der Waals surface area contributed by atoms with Gasteiger partial charge >= 0.3 is 0 Å². The van der Waals surface area contributed by atoms with Crippen molar-refractivity contribution in [2.75, 3.05) is 31.6 Å². The Labute approximate surface area is 131 Å². The summed E-state index contributed by atoms with van der Waals surface area (Å²) in [4.78, 5) is 22.0. The zero-order valence-corrected chi connectivity index (χ0v) is 12.1. The van der Waals surface area contributed by atoms with Gasteiger partial charge in [-0.05, 0) is 12.1 Å². The molecule has 1 aromatic carbocycles.